The fraction of sp³-hybridized carbons (Fsp3) is 0.333. The molecule has 27 heavy (non-hydrogen) atoms. The van der Waals surface area contributed by atoms with E-state index in [0.717, 1.165) is 18.8 Å². The lowest BCUT2D eigenvalue weighted by Crippen LogP contribution is -2.30. The number of hydrogen-bond donors (Lipinski definition) is 1. The molecule has 2 aromatic carbocycles. The van der Waals surface area contributed by atoms with Gasteiger partial charge in [0.1, 0.15) is 5.82 Å². The number of carbonyl (C=O) groups is 2. The van der Waals surface area contributed by atoms with Crippen molar-refractivity contribution in [1.82, 2.24) is 0 Å². The first kappa shape index (κ1) is 18.9. The van der Waals surface area contributed by atoms with E-state index in [9.17, 15) is 14.0 Å². The summed E-state index contributed by atoms with van der Waals surface area (Å²) >= 11 is 0. The highest BCUT2D eigenvalue weighted by atomic mass is 19.1. The Morgan fingerprint density at radius 1 is 1.04 bits per heavy atom. The average Bonchev–Trinajstić information content (AvgIpc) is 2.69. The molecule has 2 aromatic rings. The second-order valence-corrected chi connectivity index (χ2v) is 6.61. The molecule has 1 N–H and O–H groups in total. The number of benzene rings is 2. The molecule has 3 rings (SSSR count). The minimum absolute atomic E-state index is 0.192. The average molecular weight is 370 g/mol. The first-order valence-electron chi connectivity index (χ1n) is 9.16. The van der Waals surface area contributed by atoms with Crippen molar-refractivity contribution < 1.29 is 18.7 Å². The standard InChI is InChI=1S/C21H23FN2O3/c1-15(27-21(26)18-7-3-4-8-19(18)22)20(25)23-16-9-11-17(12-10-16)24-13-5-2-6-14-24/h3-4,7-12,15H,2,5-6,13-14H2,1H3,(H,23,25)/t15-/m0/s1. The summed E-state index contributed by atoms with van der Waals surface area (Å²) in [6.45, 7) is 3.56. The maximum absolute atomic E-state index is 13.6. The van der Waals surface area contributed by atoms with Gasteiger partial charge in [0.2, 0.25) is 0 Å². The van der Waals surface area contributed by atoms with Crippen LogP contribution in [-0.2, 0) is 9.53 Å². The number of hydrogen-bond acceptors (Lipinski definition) is 4. The lowest BCUT2D eigenvalue weighted by atomic mass is 10.1. The number of ether oxygens (including phenoxy) is 1. The molecule has 0 aliphatic carbocycles. The predicted molar refractivity (Wildman–Crippen MR) is 102 cm³/mol. The third-order valence-corrected chi connectivity index (χ3v) is 4.60. The smallest absolute Gasteiger partial charge is 0.341 e. The van der Waals surface area contributed by atoms with Crippen molar-refractivity contribution in [2.24, 2.45) is 0 Å². The van der Waals surface area contributed by atoms with Crippen molar-refractivity contribution in [3.05, 3.63) is 59.9 Å². The van der Waals surface area contributed by atoms with Crippen molar-refractivity contribution >= 4 is 23.3 Å². The van der Waals surface area contributed by atoms with Crippen LogP contribution in [0.4, 0.5) is 15.8 Å². The number of anilines is 2. The Kier molecular flexibility index (Phi) is 6.06. The Labute approximate surface area is 158 Å². The molecular weight excluding hydrogens is 347 g/mol. The molecule has 1 heterocycles. The number of esters is 1. The molecule has 1 fully saturated rings. The van der Waals surface area contributed by atoms with E-state index >= 15 is 0 Å². The van der Waals surface area contributed by atoms with Gasteiger partial charge in [0.15, 0.2) is 6.10 Å². The molecule has 1 aliphatic heterocycles. The van der Waals surface area contributed by atoms with Gasteiger partial charge in [-0.15, -0.1) is 0 Å². The monoisotopic (exact) mass is 370 g/mol. The molecule has 1 amide bonds. The normalized spacial score (nSPS) is 15.1. The highest BCUT2D eigenvalue weighted by molar-refractivity contribution is 5.97. The molecule has 1 atom stereocenters. The van der Waals surface area contributed by atoms with Crippen LogP contribution in [0.3, 0.4) is 0 Å². The van der Waals surface area contributed by atoms with Crippen LogP contribution in [0.2, 0.25) is 0 Å². The molecule has 6 heteroatoms. The van der Waals surface area contributed by atoms with Gasteiger partial charge in [-0.1, -0.05) is 12.1 Å². The van der Waals surface area contributed by atoms with Crippen molar-refractivity contribution in [2.75, 3.05) is 23.3 Å². The maximum Gasteiger partial charge on any atom is 0.341 e. The number of nitrogens with zero attached hydrogens (tertiary/aromatic N) is 1. The summed E-state index contributed by atoms with van der Waals surface area (Å²) in [6.07, 6.45) is 2.62. The molecule has 0 radical (unpaired) electrons. The van der Waals surface area contributed by atoms with Crippen LogP contribution in [-0.4, -0.2) is 31.1 Å². The molecular formula is C21H23FN2O3. The molecule has 0 spiro atoms. The zero-order valence-corrected chi connectivity index (χ0v) is 15.3. The number of amides is 1. The van der Waals surface area contributed by atoms with Gasteiger partial charge in [0, 0.05) is 24.5 Å². The van der Waals surface area contributed by atoms with E-state index in [1.807, 2.05) is 24.3 Å². The van der Waals surface area contributed by atoms with E-state index < -0.39 is 23.8 Å². The molecule has 142 valence electrons. The molecule has 1 aliphatic rings. The quantitative estimate of drug-likeness (QED) is 0.808. The Balaban J connectivity index is 1.56. The van der Waals surface area contributed by atoms with Gasteiger partial charge in [-0.25, -0.2) is 9.18 Å². The van der Waals surface area contributed by atoms with Gasteiger partial charge in [0.05, 0.1) is 5.56 Å². The largest absolute Gasteiger partial charge is 0.449 e. The van der Waals surface area contributed by atoms with Crippen molar-refractivity contribution in [2.45, 2.75) is 32.3 Å². The van der Waals surface area contributed by atoms with E-state index in [2.05, 4.69) is 10.2 Å². The fourth-order valence-corrected chi connectivity index (χ4v) is 3.06. The topological polar surface area (TPSA) is 58.6 Å². The zero-order chi connectivity index (χ0) is 19.2. The summed E-state index contributed by atoms with van der Waals surface area (Å²) < 4.78 is 18.7. The Bertz CT molecular complexity index is 801. The fourth-order valence-electron chi connectivity index (χ4n) is 3.06. The minimum atomic E-state index is -1.04. The van der Waals surface area contributed by atoms with Crippen molar-refractivity contribution in [1.29, 1.82) is 0 Å². The lowest BCUT2D eigenvalue weighted by Gasteiger charge is -2.28. The highest BCUT2D eigenvalue weighted by Gasteiger charge is 2.21. The Hall–Kier alpha value is -2.89. The van der Waals surface area contributed by atoms with Gasteiger partial charge >= 0.3 is 5.97 Å². The summed E-state index contributed by atoms with van der Waals surface area (Å²) in [7, 11) is 0. The first-order valence-corrected chi connectivity index (χ1v) is 9.16. The van der Waals surface area contributed by atoms with E-state index in [1.54, 1.807) is 0 Å². The lowest BCUT2D eigenvalue weighted by molar-refractivity contribution is -0.123. The molecule has 0 unspecified atom stereocenters. The predicted octanol–water partition coefficient (Wildman–Crippen LogP) is 4.00. The number of piperidine rings is 1. The number of rotatable bonds is 5. The molecule has 1 saturated heterocycles. The molecule has 0 saturated carbocycles. The van der Waals surface area contributed by atoms with Gasteiger partial charge in [-0.05, 0) is 62.6 Å². The Morgan fingerprint density at radius 3 is 2.37 bits per heavy atom. The summed E-state index contributed by atoms with van der Waals surface area (Å²) in [5.41, 5.74) is 1.56. The highest BCUT2D eigenvalue weighted by Crippen LogP contribution is 2.22. The second-order valence-electron chi connectivity index (χ2n) is 6.61. The summed E-state index contributed by atoms with van der Waals surface area (Å²) in [5.74, 6) is -2.01. The molecule has 0 bridgehead atoms. The van der Waals surface area contributed by atoms with E-state index in [4.69, 9.17) is 4.74 Å². The van der Waals surface area contributed by atoms with Crippen molar-refractivity contribution in [3.63, 3.8) is 0 Å². The van der Waals surface area contributed by atoms with Gasteiger partial charge in [-0.3, -0.25) is 4.79 Å². The number of nitrogens with one attached hydrogen (secondary N) is 1. The van der Waals surface area contributed by atoms with Crippen LogP contribution in [0.5, 0.6) is 0 Å². The zero-order valence-electron chi connectivity index (χ0n) is 15.3. The van der Waals surface area contributed by atoms with Crippen LogP contribution in [0.25, 0.3) is 0 Å². The first-order chi connectivity index (χ1) is 13.0. The van der Waals surface area contributed by atoms with Gasteiger partial charge < -0.3 is 15.0 Å². The number of carbonyl (C=O) groups excluding carboxylic acids is 2. The van der Waals surface area contributed by atoms with E-state index in [0.29, 0.717) is 5.69 Å². The van der Waals surface area contributed by atoms with Gasteiger partial charge in [0.25, 0.3) is 5.91 Å². The van der Waals surface area contributed by atoms with Crippen LogP contribution in [0, 0.1) is 5.82 Å². The molecule has 5 nitrogen and oxygen atoms in total. The summed E-state index contributed by atoms with van der Waals surface area (Å²) in [6, 6.07) is 13.1. The van der Waals surface area contributed by atoms with Crippen LogP contribution < -0.4 is 10.2 Å². The third kappa shape index (κ3) is 4.84. The van der Waals surface area contributed by atoms with Gasteiger partial charge in [-0.2, -0.15) is 0 Å². The van der Waals surface area contributed by atoms with Crippen LogP contribution in [0.15, 0.2) is 48.5 Å². The SMILES string of the molecule is C[C@H](OC(=O)c1ccccc1F)C(=O)Nc1ccc(N2CCCCC2)cc1. The maximum atomic E-state index is 13.6. The van der Waals surface area contributed by atoms with Crippen LogP contribution in [0.1, 0.15) is 36.5 Å². The summed E-state index contributed by atoms with van der Waals surface area (Å²) in [4.78, 5) is 26.6. The van der Waals surface area contributed by atoms with E-state index in [-0.39, 0.29) is 5.56 Å². The Morgan fingerprint density at radius 2 is 1.70 bits per heavy atom. The number of halogens is 1. The minimum Gasteiger partial charge on any atom is -0.449 e. The second kappa shape index (κ2) is 8.66. The van der Waals surface area contributed by atoms with E-state index in [1.165, 1.54) is 50.5 Å². The van der Waals surface area contributed by atoms with Crippen LogP contribution >= 0.6 is 0 Å². The molecule has 0 aromatic heterocycles. The van der Waals surface area contributed by atoms with Crippen molar-refractivity contribution in [3.8, 4) is 0 Å². The third-order valence-electron chi connectivity index (χ3n) is 4.60. The summed E-state index contributed by atoms with van der Waals surface area (Å²) in [5, 5.41) is 2.71.